The molecule has 3 aromatic rings. The van der Waals surface area contributed by atoms with Crippen LogP contribution in [0.25, 0.3) is 23.4 Å². The van der Waals surface area contributed by atoms with Crippen molar-refractivity contribution in [3.8, 4) is 17.3 Å². The molecule has 0 saturated heterocycles. The third-order valence-electron chi connectivity index (χ3n) is 3.96. The van der Waals surface area contributed by atoms with Crippen LogP contribution in [0.15, 0.2) is 42.5 Å². The molecule has 1 aromatic heterocycles. The largest absolute Gasteiger partial charge is 0.416 e. The van der Waals surface area contributed by atoms with E-state index >= 15 is 0 Å². The molecule has 10 heteroatoms. The van der Waals surface area contributed by atoms with Gasteiger partial charge < -0.3 is 0 Å². The summed E-state index contributed by atoms with van der Waals surface area (Å²) in [5, 5.41) is 18.5. The zero-order chi connectivity index (χ0) is 21.2. The average Bonchev–Trinajstić information content (AvgIpc) is 3.14. The second-order valence-electron chi connectivity index (χ2n) is 5.90. The standard InChI is InChI=1S/C19H10F6N4/c20-18(21,22)14-3-1-2-11(8-14)4-5-12-9-13(6-7-15(12)19(23,24)25)17-16(10-26)27-29-28-17/h1-9H,(H,27,28,29)/b5-4+. The van der Waals surface area contributed by atoms with Crippen LogP contribution in [0.5, 0.6) is 0 Å². The lowest BCUT2D eigenvalue weighted by Crippen LogP contribution is -2.07. The maximum absolute atomic E-state index is 13.3. The number of nitrogens with one attached hydrogen (secondary N) is 1. The van der Waals surface area contributed by atoms with E-state index in [4.69, 9.17) is 5.26 Å². The number of benzene rings is 2. The quantitative estimate of drug-likeness (QED) is 0.456. The highest BCUT2D eigenvalue weighted by Gasteiger charge is 2.33. The highest BCUT2D eigenvalue weighted by atomic mass is 19.4. The van der Waals surface area contributed by atoms with E-state index in [-0.39, 0.29) is 28.1 Å². The van der Waals surface area contributed by atoms with Gasteiger partial charge in [-0.2, -0.15) is 31.6 Å². The van der Waals surface area contributed by atoms with Gasteiger partial charge in [-0.15, -0.1) is 5.10 Å². The summed E-state index contributed by atoms with van der Waals surface area (Å²) in [6.45, 7) is 0. The van der Waals surface area contributed by atoms with Crippen LogP contribution in [0.3, 0.4) is 0 Å². The first-order valence-corrected chi connectivity index (χ1v) is 7.97. The number of halogens is 6. The van der Waals surface area contributed by atoms with E-state index in [1.807, 2.05) is 0 Å². The summed E-state index contributed by atoms with van der Waals surface area (Å²) in [4.78, 5) is 0. The van der Waals surface area contributed by atoms with Gasteiger partial charge in [0.25, 0.3) is 0 Å². The van der Waals surface area contributed by atoms with Crippen LogP contribution in [-0.4, -0.2) is 15.4 Å². The average molecular weight is 408 g/mol. The summed E-state index contributed by atoms with van der Waals surface area (Å²) in [6, 6.07) is 9.10. The van der Waals surface area contributed by atoms with Gasteiger partial charge >= 0.3 is 12.4 Å². The van der Waals surface area contributed by atoms with Crippen molar-refractivity contribution in [2.24, 2.45) is 0 Å². The number of hydrogen-bond acceptors (Lipinski definition) is 3. The summed E-state index contributed by atoms with van der Waals surface area (Å²) < 4.78 is 78.5. The number of aromatic nitrogens is 3. The first-order valence-electron chi connectivity index (χ1n) is 7.97. The van der Waals surface area contributed by atoms with Crippen molar-refractivity contribution in [2.75, 3.05) is 0 Å². The van der Waals surface area contributed by atoms with Crippen LogP contribution in [0.1, 0.15) is 27.9 Å². The van der Waals surface area contributed by atoms with E-state index in [2.05, 4.69) is 15.4 Å². The Morgan fingerprint density at radius 2 is 1.69 bits per heavy atom. The van der Waals surface area contributed by atoms with Crippen LogP contribution in [0.4, 0.5) is 26.3 Å². The smallest absolute Gasteiger partial charge is 0.247 e. The van der Waals surface area contributed by atoms with Gasteiger partial charge in [0.1, 0.15) is 11.8 Å². The van der Waals surface area contributed by atoms with Gasteiger partial charge in [0.2, 0.25) is 0 Å². The van der Waals surface area contributed by atoms with Crippen molar-refractivity contribution in [2.45, 2.75) is 12.4 Å². The van der Waals surface area contributed by atoms with Gasteiger partial charge in [0.05, 0.1) is 11.1 Å². The minimum Gasteiger partial charge on any atom is -0.247 e. The summed E-state index contributed by atoms with van der Waals surface area (Å²) in [5.41, 5.74) is -1.87. The molecule has 0 radical (unpaired) electrons. The molecular weight excluding hydrogens is 398 g/mol. The molecular formula is C19H10F6N4. The van der Waals surface area contributed by atoms with Gasteiger partial charge in [-0.25, -0.2) is 5.10 Å². The highest BCUT2D eigenvalue weighted by Crippen LogP contribution is 2.35. The van der Waals surface area contributed by atoms with Crippen LogP contribution < -0.4 is 0 Å². The fraction of sp³-hybridized carbons (Fsp3) is 0.105. The van der Waals surface area contributed by atoms with Crippen molar-refractivity contribution >= 4 is 12.2 Å². The minimum absolute atomic E-state index is 0.0300. The van der Waals surface area contributed by atoms with E-state index < -0.39 is 23.5 Å². The summed E-state index contributed by atoms with van der Waals surface area (Å²) in [5.74, 6) is 0. The molecule has 0 unspecified atom stereocenters. The SMILES string of the molecule is N#Cc1[nH]nnc1-c1ccc(C(F)(F)F)c(/C=C/c2cccc(C(F)(F)F)c2)c1. The Labute approximate surface area is 160 Å². The molecule has 148 valence electrons. The Morgan fingerprint density at radius 1 is 0.931 bits per heavy atom. The van der Waals surface area contributed by atoms with Crippen molar-refractivity contribution in [1.82, 2.24) is 15.4 Å². The first-order chi connectivity index (χ1) is 13.6. The van der Waals surface area contributed by atoms with Crippen molar-refractivity contribution in [1.29, 1.82) is 5.26 Å². The molecule has 0 bridgehead atoms. The fourth-order valence-electron chi connectivity index (χ4n) is 2.62. The number of alkyl halides is 6. The molecule has 0 saturated carbocycles. The third kappa shape index (κ3) is 4.45. The number of rotatable bonds is 3. The minimum atomic E-state index is -4.69. The van der Waals surface area contributed by atoms with Crippen LogP contribution in [0.2, 0.25) is 0 Å². The number of nitriles is 1. The number of aromatic amines is 1. The molecule has 0 aliphatic carbocycles. The number of H-pyrrole nitrogens is 1. The van der Waals surface area contributed by atoms with Crippen molar-refractivity contribution in [3.63, 3.8) is 0 Å². The highest BCUT2D eigenvalue weighted by molar-refractivity contribution is 5.76. The van der Waals surface area contributed by atoms with Gasteiger partial charge in [-0.05, 0) is 35.4 Å². The van der Waals surface area contributed by atoms with E-state index in [1.54, 1.807) is 6.07 Å². The zero-order valence-corrected chi connectivity index (χ0v) is 14.3. The lowest BCUT2D eigenvalue weighted by Gasteiger charge is -2.12. The van der Waals surface area contributed by atoms with Crippen molar-refractivity contribution in [3.05, 3.63) is 70.4 Å². The van der Waals surface area contributed by atoms with Crippen LogP contribution in [-0.2, 0) is 12.4 Å². The van der Waals surface area contributed by atoms with E-state index in [1.165, 1.54) is 6.07 Å². The fourth-order valence-corrected chi connectivity index (χ4v) is 2.62. The van der Waals surface area contributed by atoms with Crippen molar-refractivity contribution < 1.29 is 26.3 Å². The Balaban J connectivity index is 2.06. The normalized spacial score (nSPS) is 12.3. The molecule has 1 N–H and O–H groups in total. The molecule has 1 heterocycles. The number of nitrogens with zero attached hydrogens (tertiary/aromatic N) is 3. The van der Waals surface area contributed by atoms with E-state index in [0.717, 1.165) is 48.6 Å². The zero-order valence-electron chi connectivity index (χ0n) is 14.3. The van der Waals surface area contributed by atoms with Gasteiger partial charge in [0, 0.05) is 5.56 Å². The third-order valence-corrected chi connectivity index (χ3v) is 3.96. The molecule has 29 heavy (non-hydrogen) atoms. The lowest BCUT2D eigenvalue weighted by molar-refractivity contribution is -0.138. The molecule has 3 rings (SSSR count). The molecule has 0 spiro atoms. The lowest BCUT2D eigenvalue weighted by atomic mass is 9.99. The number of hydrogen-bond donors (Lipinski definition) is 1. The Bertz CT molecular complexity index is 1100. The van der Waals surface area contributed by atoms with Crippen LogP contribution >= 0.6 is 0 Å². The predicted molar refractivity (Wildman–Crippen MR) is 91.9 cm³/mol. The maximum Gasteiger partial charge on any atom is 0.416 e. The molecule has 0 fully saturated rings. The Morgan fingerprint density at radius 3 is 2.34 bits per heavy atom. The van der Waals surface area contributed by atoms with Gasteiger partial charge in [-0.1, -0.05) is 35.6 Å². The second-order valence-corrected chi connectivity index (χ2v) is 5.90. The molecule has 0 aliphatic heterocycles. The first kappa shape index (κ1) is 20.1. The molecule has 2 aromatic carbocycles. The monoisotopic (exact) mass is 408 g/mol. The van der Waals surface area contributed by atoms with E-state index in [9.17, 15) is 26.3 Å². The summed E-state index contributed by atoms with van der Waals surface area (Å²) in [7, 11) is 0. The van der Waals surface area contributed by atoms with Gasteiger partial charge in [-0.3, -0.25) is 0 Å². The molecule has 0 amide bonds. The summed E-state index contributed by atoms with van der Waals surface area (Å²) >= 11 is 0. The topological polar surface area (TPSA) is 65.4 Å². The second kappa shape index (κ2) is 7.43. The van der Waals surface area contributed by atoms with Gasteiger partial charge in [0.15, 0.2) is 5.69 Å². The predicted octanol–water partition coefficient (Wildman–Crippen LogP) is 5.55. The maximum atomic E-state index is 13.3. The molecule has 0 atom stereocenters. The Hall–Kier alpha value is -3.61. The Kier molecular flexibility index (Phi) is 5.16. The van der Waals surface area contributed by atoms with Crippen LogP contribution in [0, 0.1) is 11.3 Å². The molecule has 4 nitrogen and oxygen atoms in total. The summed E-state index contributed by atoms with van der Waals surface area (Å²) in [6.07, 6.45) is -7.04. The molecule has 0 aliphatic rings. The van der Waals surface area contributed by atoms with E-state index in [0.29, 0.717) is 0 Å².